The Kier molecular flexibility index (Phi) is 2.83. The molecule has 6 heteroatoms. The highest BCUT2D eigenvalue weighted by molar-refractivity contribution is 5.48. The standard InChI is InChI=1S/C11H7FN4O/c12-8-2-1-3-9(7(8)6-13)17-11-10(14)15-4-5-16-11/h1-5H,(H2,14,15). The number of benzene rings is 1. The molecule has 1 aromatic carbocycles. The minimum Gasteiger partial charge on any atom is -0.434 e. The summed E-state index contributed by atoms with van der Waals surface area (Å²) in [4.78, 5) is 7.60. The number of hydrogen-bond donors (Lipinski definition) is 1. The van der Waals surface area contributed by atoms with E-state index in [0.717, 1.165) is 0 Å². The maximum atomic E-state index is 13.3. The second kappa shape index (κ2) is 4.45. The average Bonchev–Trinajstić information content (AvgIpc) is 2.32. The number of nitriles is 1. The third-order valence-electron chi connectivity index (χ3n) is 1.99. The summed E-state index contributed by atoms with van der Waals surface area (Å²) >= 11 is 0. The first kappa shape index (κ1) is 10.8. The fraction of sp³-hybridized carbons (Fsp3) is 0. The highest BCUT2D eigenvalue weighted by Gasteiger charge is 2.12. The van der Waals surface area contributed by atoms with Crippen LogP contribution < -0.4 is 10.5 Å². The van der Waals surface area contributed by atoms with Gasteiger partial charge in [0.15, 0.2) is 5.82 Å². The van der Waals surface area contributed by atoms with Crippen LogP contribution in [0.2, 0.25) is 0 Å². The molecule has 1 aromatic heterocycles. The van der Waals surface area contributed by atoms with Gasteiger partial charge in [0.1, 0.15) is 23.2 Å². The molecule has 0 fully saturated rings. The molecule has 2 N–H and O–H groups in total. The second-order valence-corrected chi connectivity index (χ2v) is 3.07. The molecule has 0 saturated carbocycles. The number of aromatic nitrogens is 2. The maximum Gasteiger partial charge on any atom is 0.262 e. The highest BCUT2D eigenvalue weighted by Crippen LogP contribution is 2.27. The summed E-state index contributed by atoms with van der Waals surface area (Å²) in [6.45, 7) is 0. The van der Waals surface area contributed by atoms with Crippen LogP contribution >= 0.6 is 0 Å². The molecule has 2 aromatic rings. The van der Waals surface area contributed by atoms with Crippen LogP contribution in [0.4, 0.5) is 10.2 Å². The van der Waals surface area contributed by atoms with E-state index in [1.807, 2.05) is 0 Å². The van der Waals surface area contributed by atoms with E-state index in [4.69, 9.17) is 15.7 Å². The molecule has 0 spiro atoms. The molecular formula is C11H7FN4O. The van der Waals surface area contributed by atoms with Crippen molar-refractivity contribution in [2.75, 3.05) is 5.73 Å². The molecule has 0 bridgehead atoms. The summed E-state index contributed by atoms with van der Waals surface area (Å²) in [6.07, 6.45) is 2.79. The van der Waals surface area contributed by atoms with Crippen LogP contribution in [-0.2, 0) is 0 Å². The molecule has 17 heavy (non-hydrogen) atoms. The molecule has 0 aliphatic carbocycles. The van der Waals surface area contributed by atoms with Gasteiger partial charge in [-0.25, -0.2) is 14.4 Å². The van der Waals surface area contributed by atoms with E-state index in [2.05, 4.69) is 9.97 Å². The average molecular weight is 230 g/mol. The number of nitrogens with two attached hydrogens (primary N) is 1. The maximum absolute atomic E-state index is 13.3. The van der Waals surface area contributed by atoms with Gasteiger partial charge in [-0.3, -0.25) is 0 Å². The van der Waals surface area contributed by atoms with E-state index < -0.39 is 5.82 Å². The molecular weight excluding hydrogens is 223 g/mol. The normalized spacial score (nSPS) is 9.65. The Bertz CT molecular complexity index is 594. The van der Waals surface area contributed by atoms with Crippen LogP contribution in [0.15, 0.2) is 30.6 Å². The van der Waals surface area contributed by atoms with E-state index >= 15 is 0 Å². The summed E-state index contributed by atoms with van der Waals surface area (Å²) in [5, 5.41) is 8.81. The summed E-state index contributed by atoms with van der Waals surface area (Å²) in [5.74, 6) is -0.498. The van der Waals surface area contributed by atoms with E-state index in [0.29, 0.717) is 0 Å². The lowest BCUT2D eigenvalue weighted by Gasteiger charge is -2.07. The largest absolute Gasteiger partial charge is 0.434 e. The van der Waals surface area contributed by atoms with Gasteiger partial charge in [0.2, 0.25) is 0 Å². The van der Waals surface area contributed by atoms with E-state index in [9.17, 15) is 4.39 Å². The molecule has 2 rings (SSSR count). The Morgan fingerprint density at radius 2 is 2.06 bits per heavy atom. The van der Waals surface area contributed by atoms with Gasteiger partial charge in [0.25, 0.3) is 5.88 Å². The minimum absolute atomic E-state index is 0.0367. The van der Waals surface area contributed by atoms with Gasteiger partial charge in [-0.1, -0.05) is 6.07 Å². The van der Waals surface area contributed by atoms with Crippen LogP contribution in [0.1, 0.15) is 5.56 Å². The monoisotopic (exact) mass is 230 g/mol. The van der Waals surface area contributed by atoms with Gasteiger partial charge in [0.05, 0.1) is 0 Å². The van der Waals surface area contributed by atoms with E-state index in [-0.39, 0.29) is 23.0 Å². The van der Waals surface area contributed by atoms with Crippen molar-refractivity contribution in [2.24, 2.45) is 0 Å². The molecule has 0 atom stereocenters. The number of hydrogen-bond acceptors (Lipinski definition) is 5. The van der Waals surface area contributed by atoms with Gasteiger partial charge in [-0.2, -0.15) is 5.26 Å². The summed E-state index contributed by atoms with van der Waals surface area (Å²) in [6, 6.07) is 5.77. The Morgan fingerprint density at radius 1 is 1.29 bits per heavy atom. The van der Waals surface area contributed by atoms with Gasteiger partial charge in [-0.15, -0.1) is 0 Å². The molecule has 0 saturated heterocycles. The van der Waals surface area contributed by atoms with E-state index in [1.54, 1.807) is 6.07 Å². The summed E-state index contributed by atoms with van der Waals surface area (Å²) in [5.41, 5.74) is 5.33. The second-order valence-electron chi connectivity index (χ2n) is 3.07. The first-order chi connectivity index (χ1) is 8.22. The first-order valence-corrected chi connectivity index (χ1v) is 4.65. The molecule has 0 unspecified atom stereocenters. The molecule has 84 valence electrons. The number of nitrogens with zero attached hydrogens (tertiary/aromatic N) is 3. The lowest BCUT2D eigenvalue weighted by Crippen LogP contribution is -1.99. The van der Waals surface area contributed by atoms with Gasteiger partial charge >= 0.3 is 0 Å². The molecule has 0 radical (unpaired) electrons. The molecule has 5 nitrogen and oxygen atoms in total. The van der Waals surface area contributed by atoms with Crippen molar-refractivity contribution < 1.29 is 9.13 Å². The zero-order valence-corrected chi connectivity index (χ0v) is 8.59. The summed E-state index contributed by atoms with van der Waals surface area (Å²) < 4.78 is 18.5. The number of rotatable bonds is 2. The van der Waals surface area contributed by atoms with Crippen LogP contribution in [0, 0.1) is 17.1 Å². The number of ether oxygens (including phenoxy) is 1. The van der Waals surface area contributed by atoms with E-state index in [1.165, 1.54) is 30.6 Å². The Morgan fingerprint density at radius 3 is 2.76 bits per heavy atom. The van der Waals surface area contributed by atoms with Crippen LogP contribution in [-0.4, -0.2) is 9.97 Å². The first-order valence-electron chi connectivity index (χ1n) is 4.65. The predicted molar refractivity (Wildman–Crippen MR) is 57.6 cm³/mol. The Hall–Kier alpha value is -2.68. The third-order valence-corrected chi connectivity index (χ3v) is 1.99. The topological polar surface area (TPSA) is 84.8 Å². The van der Waals surface area contributed by atoms with Crippen LogP contribution in [0.3, 0.4) is 0 Å². The van der Waals surface area contributed by atoms with Crippen molar-refractivity contribution >= 4 is 5.82 Å². The van der Waals surface area contributed by atoms with Crippen molar-refractivity contribution in [3.63, 3.8) is 0 Å². The van der Waals surface area contributed by atoms with Crippen molar-refractivity contribution in [1.29, 1.82) is 5.26 Å². The predicted octanol–water partition coefficient (Wildman–Crippen LogP) is 1.86. The molecule has 1 heterocycles. The Balaban J connectivity index is 2.41. The number of anilines is 1. The smallest absolute Gasteiger partial charge is 0.262 e. The quantitative estimate of drug-likeness (QED) is 0.851. The summed E-state index contributed by atoms with van der Waals surface area (Å²) in [7, 11) is 0. The van der Waals surface area contributed by atoms with Crippen molar-refractivity contribution in [3.05, 3.63) is 42.0 Å². The van der Waals surface area contributed by atoms with Crippen LogP contribution in [0.25, 0.3) is 0 Å². The molecule has 0 aliphatic heterocycles. The fourth-order valence-electron chi connectivity index (χ4n) is 1.22. The van der Waals surface area contributed by atoms with Gasteiger partial charge in [0, 0.05) is 12.4 Å². The van der Waals surface area contributed by atoms with Crippen molar-refractivity contribution in [2.45, 2.75) is 0 Å². The SMILES string of the molecule is N#Cc1c(F)cccc1Oc1nccnc1N. The zero-order chi connectivity index (χ0) is 12.3. The van der Waals surface area contributed by atoms with Crippen LogP contribution in [0.5, 0.6) is 11.6 Å². The minimum atomic E-state index is -0.660. The van der Waals surface area contributed by atoms with Crippen molar-refractivity contribution in [1.82, 2.24) is 9.97 Å². The zero-order valence-electron chi connectivity index (χ0n) is 8.59. The number of halogens is 1. The highest BCUT2D eigenvalue weighted by atomic mass is 19.1. The number of nitrogen functional groups attached to an aromatic ring is 1. The fourth-order valence-corrected chi connectivity index (χ4v) is 1.22. The third kappa shape index (κ3) is 2.13. The lowest BCUT2D eigenvalue weighted by molar-refractivity contribution is 0.456. The molecule has 0 amide bonds. The van der Waals surface area contributed by atoms with Gasteiger partial charge < -0.3 is 10.5 Å². The molecule has 0 aliphatic rings. The van der Waals surface area contributed by atoms with Crippen molar-refractivity contribution in [3.8, 4) is 17.7 Å². The Labute approximate surface area is 96.3 Å². The van der Waals surface area contributed by atoms with Gasteiger partial charge in [-0.05, 0) is 12.1 Å². The lowest BCUT2D eigenvalue weighted by atomic mass is 10.2.